The largest absolute Gasteiger partial charge is 0.454 e. The van der Waals surface area contributed by atoms with E-state index < -0.39 is 6.10 Å². The smallest absolute Gasteiger partial charge is 0.303 e. The van der Waals surface area contributed by atoms with Gasteiger partial charge in [-0.05, 0) is 64.3 Å². The molecule has 4 heterocycles. The number of fused-ring (bicyclic) bond motifs is 2. The van der Waals surface area contributed by atoms with Gasteiger partial charge in [0.15, 0.2) is 17.5 Å². The molecule has 0 aliphatic carbocycles. The van der Waals surface area contributed by atoms with Crippen molar-refractivity contribution in [3.05, 3.63) is 57.1 Å². The van der Waals surface area contributed by atoms with E-state index in [1.165, 1.54) is 19.1 Å². The first-order chi connectivity index (χ1) is 16.4. The summed E-state index contributed by atoms with van der Waals surface area (Å²) in [6.07, 6.45) is 3.52. The Bertz CT molecular complexity index is 1280. The number of esters is 1. The van der Waals surface area contributed by atoms with Gasteiger partial charge < -0.3 is 14.2 Å². The summed E-state index contributed by atoms with van der Waals surface area (Å²) in [5.41, 5.74) is 2.83. The number of hydrogen-bond donors (Lipinski definition) is 0. The van der Waals surface area contributed by atoms with Crippen LogP contribution < -0.4 is 5.56 Å². The van der Waals surface area contributed by atoms with Gasteiger partial charge in [0.05, 0.1) is 5.69 Å². The van der Waals surface area contributed by atoms with Gasteiger partial charge in [0.25, 0.3) is 5.56 Å². The average Bonchev–Trinajstić information content (AvgIpc) is 3.22. The Balaban J connectivity index is 1.24. The van der Waals surface area contributed by atoms with Gasteiger partial charge in [0.1, 0.15) is 5.82 Å². The number of rotatable bonds is 5. The maximum atomic E-state index is 13.4. The molecule has 0 bridgehead atoms. The second-order valence-corrected chi connectivity index (χ2v) is 9.31. The molecule has 0 spiro atoms. The van der Waals surface area contributed by atoms with Gasteiger partial charge in [0, 0.05) is 48.6 Å². The number of benzene rings is 1. The molecule has 2 aromatic heterocycles. The highest BCUT2D eigenvalue weighted by molar-refractivity contribution is 5.79. The third-order valence-corrected chi connectivity index (χ3v) is 7.06. The van der Waals surface area contributed by atoms with E-state index in [1.54, 1.807) is 10.6 Å². The van der Waals surface area contributed by atoms with Gasteiger partial charge in [-0.15, -0.1) is 0 Å². The van der Waals surface area contributed by atoms with Crippen molar-refractivity contribution in [3.63, 3.8) is 0 Å². The quantitative estimate of drug-likeness (QED) is 0.528. The SMILES string of the molecule is CC(=O)OC1CCCn2c1nc(C)c(CCN1CCC(c3noc4cc(F)ccc34)CC1)c2=O. The summed E-state index contributed by atoms with van der Waals surface area (Å²) < 4.78 is 25.9. The zero-order chi connectivity index (χ0) is 23.8. The lowest BCUT2D eigenvalue weighted by Gasteiger charge is -2.31. The van der Waals surface area contributed by atoms with Gasteiger partial charge in [-0.1, -0.05) is 5.16 Å². The Morgan fingerprint density at radius 3 is 2.79 bits per heavy atom. The second-order valence-electron chi connectivity index (χ2n) is 9.31. The zero-order valence-electron chi connectivity index (χ0n) is 19.6. The standard InChI is InChI=1S/C25H29FN4O4/c1-15-19(25(32)30-10-3-4-21(24(30)27-15)33-16(2)31)9-13-29-11-7-17(8-12-29)23-20-6-5-18(26)14-22(20)34-28-23/h5-6,14,17,21H,3-4,7-13H2,1-2H3. The van der Waals surface area contributed by atoms with Crippen LogP contribution in [0.1, 0.15) is 67.4 Å². The van der Waals surface area contributed by atoms with E-state index in [0.717, 1.165) is 55.5 Å². The number of nitrogens with zero attached hydrogens (tertiary/aromatic N) is 4. The van der Waals surface area contributed by atoms with Crippen LogP contribution in [0.2, 0.25) is 0 Å². The summed E-state index contributed by atoms with van der Waals surface area (Å²) in [5, 5.41) is 5.11. The minimum atomic E-state index is -0.449. The molecule has 1 unspecified atom stereocenters. The molecule has 180 valence electrons. The predicted octanol–water partition coefficient (Wildman–Crippen LogP) is 3.65. The number of carbonyl (C=O) groups is 1. The van der Waals surface area contributed by atoms with Crippen LogP contribution in [-0.2, 0) is 22.5 Å². The zero-order valence-corrected chi connectivity index (χ0v) is 19.6. The molecule has 9 heteroatoms. The maximum Gasteiger partial charge on any atom is 0.303 e. The minimum absolute atomic E-state index is 0.0180. The highest BCUT2D eigenvalue weighted by Gasteiger charge is 2.28. The molecule has 2 aliphatic rings. The van der Waals surface area contributed by atoms with Crippen molar-refractivity contribution in [1.82, 2.24) is 19.6 Å². The molecule has 1 aromatic carbocycles. The lowest BCUT2D eigenvalue weighted by molar-refractivity contribution is -0.148. The van der Waals surface area contributed by atoms with Crippen LogP contribution in [0.4, 0.5) is 4.39 Å². The lowest BCUT2D eigenvalue weighted by atomic mass is 9.91. The Kier molecular flexibility index (Phi) is 6.20. The molecule has 1 fully saturated rings. The van der Waals surface area contributed by atoms with E-state index in [4.69, 9.17) is 9.26 Å². The van der Waals surface area contributed by atoms with Crippen LogP contribution in [-0.4, -0.2) is 45.2 Å². The van der Waals surface area contributed by atoms with Gasteiger partial charge in [-0.2, -0.15) is 0 Å². The highest BCUT2D eigenvalue weighted by atomic mass is 19.1. The summed E-state index contributed by atoms with van der Waals surface area (Å²) in [7, 11) is 0. The number of ether oxygens (including phenoxy) is 1. The Hall–Kier alpha value is -3.07. The molecule has 1 saturated heterocycles. The average molecular weight is 469 g/mol. The van der Waals surface area contributed by atoms with Crippen molar-refractivity contribution < 1.29 is 18.4 Å². The van der Waals surface area contributed by atoms with Crippen molar-refractivity contribution in [2.24, 2.45) is 0 Å². The molecule has 0 N–H and O–H groups in total. The van der Waals surface area contributed by atoms with Crippen molar-refractivity contribution >= 4 is 16.9 Å². The van der Waals surface area contributed by atoms with E-state index in [1.807, 2.05) is 6.92 Å². The van der Waals surface area contributed by atoms with Crippen LogP contribution in [0.25, 0.3) is 11.0 Å². The van der Waals surface area contributed by atoms with E-state index >= 15 is 0 Å². The third-order valence-electron chi connectivity index (χ3n) is 7.06. The van der Waals surface area contributed by atoms with Crippen molar-refractivity contribution in [2.45, 2.75) is 64.5 Å². The number of aromatic nitrogens is 3. The van der Waals surface area contributed by atoms with E-state index in [0.29, 0.717) is 36.5 Å². The summed E-state index contributed by atoms with van der Waals surface area (Å²) in [6, 6.07) is 4.57. The van der Waals surface area contributed by atoms with E-state index in [9.17, 15) is 14.0 Å². The van der Waals surface area contributed by atoms with Gasteiger partial charge >= 0.3 is 5.97 Å². The molecule has 8 nitrogen and oxygen atoms in total. The molecule has 3 aromatic rings. The first-order valence-corrected chi connectivity index (χ1v) is 12.0. The van der Waals surface area contributed by atoms with Crippen molar-refractivity contribution in [1.29, 1.82) is 0 Å². The number of hydrogen-bond acceptors (Lipinski definition) is 7. The predicted molar refractivity (Wildman–Crippen MR) is 123 cm³/mol. The highest BCUT2D eigenvalue weighted by Crippen LogP contribution is 2.33. The molecule has 5 rings (SSSR count). The summed E-state index contributed by atoms with van der Waals surface area (Å²) in [5.74, 6) is 0.158. The second kappa shape index (κ2) is 9.29. The minimum Gasteiger partial charge on any atom is -0.454 e. The van der Waals surface area contributed by atoms with Gasteiger partial charge in [-0.25, -0.2) is 9.37 Å². The number of likely N-dealkylation sites (tertiary alicyclic amines) is 1. The number of aryl methyl sites for hydroxylation is 1. The third kappa shape index (κ3) is 4.36. The molecule has 0 radical (unpaired) electrons. The summed E-state index contributed by atoms with van der Waals surface area (Å²) >= 11 is 0. The summed E-state index contributed by atoms with van der Waals surface area (Å²) in [4.78, 5) is 31.7. The number of piperidine rings is 1. The molecule has 2 aliphatic heterocycles. The molecular weight excluding hydrogens is 439 g/mol. The van der Waals surface area contributed by atoms with Crippen LogP contribution in [0.3, 0.4) is 0 Å². The van der Waals surface area contributed by atoms with Crippen LogP contribution in [0, 0.1) is 12.7 Å². The van der Waals surface area contributed by atoms with Gasteiger partial charge in [-0.3, -0.25) is 14.2 Å². The van der Waals surface area contributed by atoms with Crippen LogP contribution in [0.5, 0.6) is 0 Å². The van der Waals surface area contributed by atoms with Crippen molar-refractivity contribution in [3.8, 4) is 0 Å². The van der Waals surface area contributed by atoms with Crippen LogP contribution in [0.15, 0.2) is 27.5 Å². The normalized spacial score (nSPS) is 19.3. The first kappa shape index (κ1) is 22.7. The van der Waals surface area contributed by atoms with Crippen LogP contribution >= 0.6 is 0 Å². The molecule has 1 atom stereocenters. The monoisotopic (exact) mass is 468 g/mol. The maximum absolute atomic E-state index is 13.4. The van der Waals surface area contributed by atoms with Crippen molar-refractivity contribution in [2.75, 3.05) is 19.6 Å². The molecule has 0 amide bonds. The Labute approximate surface area is 196 Å². The number of carbonyl (C=O) groups excluding carboxylic acids is 1. The fraction of sp³-hybridized carbons (Fsp3) is 0.520. The fourth-order valence-electron chi connectivity index (χ4n) is 5.27. The van der Waals surface area contributed by atoms with E-state index in [2.05, 4.69) is 15.0 Å². The molecular formula is C25H29FN4O4. The Morgan fingerprint density at radius 1 is 1.24 bits per heavy atom. The molecule has 34 heavy (non-hydrogen) atoms. The first-order valence-electron chi connectivity index (χ1n) is 12.0. The fourth-order valence-corrected chi connectivity index (χ4v) is 5.27. The van der Waals surface area contributed by atoms with E-state index in [-0.39, 0.29) is 23.3 Å². The molecule has 0 saturated carbocycles. The lowest BCUT2D eigenvalue weighted by Crippen LogP contribution is -2.38. The topological polar surface area (TPSA) is 90.5 Å². The Morgan fingerprint density at radius 2 is 2.03 bits per heavy atom. The number of halogens is 1. The van der Waals surface area contributed by atoms with Gasteiger partial charge in [0.2, 0.25) is 0 Å². The summed E-state index contributed by atoms with van der Waals surface area (Å²) in [6.45, 7) is 6.42.